The van der Waals surface area contributed by atoms with E-state index in [9.17, 15) is 0 Å². The van der Waals surface area contributed by atoms with Crippen molar-refractivity contribution in [3.8, 4) is 0 Å². The molecule has 1 N–H and O–H groups in total. The summed E-state index contributed by atoms with van der Waals surface area (Å²) in [6, 6.07) is 0. The number of hydrogen-bond acceptors (Lipinski definition) is 2. The Morgan fingerprint density at radius 2 is 2.25 bits per heavy atom. The monoisotopic (exact) mass is 228 g/mol. The average molecular weight is 228 g/mol. The van der Waals surface area contributed by atoms with E-state index in [0.29, 0.717) is 0 Å². The van der Waals surface area contributed by atoms with E-state index in [1.807, 2.05) is 7.05 Å². The highest BCUT2D eigenvalue weighted by Gasteiger charge is 1.91. The lowest BCUT2D eigenvalue weighted by molar-refractivity contribution is 0.525. The second kappa shape index (κ2) is 5.78. The van der Waals surface area contributed by atoms with Crippen molar-refractivity contribution in [2.75, 3.05) is 26.7 Å². The molecule has 0 aliphatic rings. The lowest BCUT2D eigenvalue weighted by atomic mass is 10.6. The molecule has 0 aromatic rings. The molecule has 0 saturated heterocycles. The molecule has 0 atom stereocenters. The first-order chi connectivity index (χ1) is 3.81. The molecule has 0 amide bonds. The zero-order valence-electron chi connectivity index (χ0n) is 5.45. The largest absolute Gasteiger partial charge is 0.318 e. The lowest BCUT2D eigenvalue weighted by Gasteiger charge is -2.09. The fraction of sp³-hybridized carbons (Fsp3) is 1.00. The van der Waals surface area contributed by atoms with Crippen LogP contribution in [0.15, 0.2) is 0 Å². The molecule has 2 nitrogen and oxygen atoms in total. The second-order valence-electron chi connectivity index (χ2n) is 1.61. The van der Waals surface area contributed by atoms with Gasteiger partial charge in [0.2, 0.25) is 0 Å². The summed E-state index contributed by atoms with van der Waals surface area (Å²) < 4.78 is 2.24. The fourth-order valence-electron chi connectivity index (χ4n) is 0.391. The Morgan fingerprint density at radius 3 is 2.62 bits per heavy atom. The van der Waals surface area contributed by atoms with Crippen LogP contribution in [0.5, 0.6) is 0 Å². The van der Waals surface area contributed by atoms with Crippen molar-refractivity contribution in [1.82, 2.24) is 8.43 Å². The topological polar surface area (TPSA) is 15.3 Å². The Hall–Kier alpha value is 0.650. The van der Waals surface area contributed by atoms with Gasteiger partial charge in [-0.1, -0.05) is 6.92 Å². The maximum Gasteiger partial charge on any atom is 0.0206 e. The van der Waals surface area contributed by atoms with Crippen molar-refractivity contribution in [1.29, 1.82) is 0 Å². The average Bonchev–Trinajstić information content (AvgIpc) is 1.83. The third kappa shape index (κ3) is 4.80. The quantitative estimate of drug-likeness (QED) is 0.567. The van der Waals surface area contributed by atoms with E-state index in [1.54, 1.807) is 0 Å². The molecule has 0 aromatic heterocycles. The molecule has 0 unspecified atom stereocenters. The van der Waals surface area contributed by atoms with Crippen LogP contribution in [0.1, 0.15) is 6.92 Å². The predicted molar refractivity (Wildman–Crippen MR) is 45.2 cm³/mol. The summed E-state index contributed by atoms with van der Waals surface area (Å²) in [5, 5.41) is 3.09. The fourth-order valence-corrected chi connectivity index (χ4v) is 0.632. The molecule has 3 heteroatoms. The van der Waals surface area contributed by atoms with E-state index < -0.39 is 0 Å². The summed E-state index contributed by atoms with van der Waals surface area (Å²) in [4.78, 5) is 0. The van der Waals surface area contributed by atoms with Crippen LogP contribution in [0.4, 0.5) is 0 Å². The van der Waals surface area contributed by atoms with Crippen LogP contribution in [0.2, 0.25) is 0 Å². The highest BCUT2D eigenvalue weighted by atomic mass is 127. The van der Waals surface area contributed by atoms with Crippen molar-refractivity contribution in [2.45, 2.75) is 6.92 Å². The summed E-state index contributed by atoms with van der Waals surface area (Å²) in [5.74, 6) is 0. The van der Waals surface area contributed by atoms with Gasteiger partial charge in [0, 0.05) is 42.5 Å². The minimum atomic E-state index is 1.08. The smallest absolute Gasteiger partial charge is 0.0206 e. The van der Waals surface area contributed by atoms with Crippen LogP contribution in [0, 0.1) is 0 Å². The molecule has 0 spiro atoms. The number of nitrogens with zero attached hydrogens (tertiary/aromatic N) is 1. The third-order valence-corrected chi connectivity index (χ3v) is 2.11. The first kappa shape index (κ1) is 8.65. The summed E-state index contributed by atoms with van der Waals surface area (Å²) in [7, 11) is 1.97. The van der Waals surface area contributed by atoms with Crippen LogP contribution in [-0.2, 0) is 0 Å². The lowest BCUT2D eigenvalue weighted by Crippen LogP contribution is -2.22. The Bertz CT molecular complexity index is 49.7. The highest BCUT2D eigenvalue weighted by molar-refractivity contribution is 14.1. The molecular formula is C5H13IN2. The van der Waals surface area contributed by atoms with Crippen molar-refractivity contribution < 1.29 is 0 Å². The second-order valence-corrected chi connectivity index (χ2v) is 2.97. The predicted octanol–water partition coefficient (Wildman–Crippen LogP) is 0.878. The van der Waals surface area contributed by atoms with Gasteiger partial charge in [0.1, 0.15) is 0 Å². The summed E-state index contributed by atoms with van der Waals surface area (Å²) in [6.45, 7) is 5.49. The first-order valence-corrected chi connectivity index (χ1v) is 3.83. The minimum absolute atomic E-state index is 1.08. The molecule has 0 bridgehead atoms. The molecule has 0 aliphatic carbocycles. The molecule has 0 saturated carbocycles. The van der Waals surface area contributed by atoms with Gasteiger partial charge in [-0.15, -0.1) is 0 Å². The molecule has 0 aromatic carbocycles. The van der Waals surface area contributed by atoms with Gasteiger partial charge in [0.25, 0.3) is 0 Å². The third-order valence-electron chi connectivity index (χ3n) is 0.948. The SMILES string of the molecule is CCN(I)CCNC. The number of likely N-dealkylation sites (N-methyl/N-ethyl adjacent to an activating group) is 2. The van der Waals surface area contributed by atoms with E-state index in [-0.39, 0.29) is 0 Å². The van der Waals surface area contributed by atoms with E-state index in [0.717, 1.165) is 19.6 Å². The van der Waals surface area contributed by atoms with Crippen molar-refractivity contribution >= 4 is 22.9 Å². The Balaban J connectivity index is 2.86. The molecule has 0 fully saturated rings. The maximum absolute atomic E-state index is 3.09. The van der Waals surface area contributed by atoms with Gasteiger partial charge >= 0.3 is 0 Å². The standard InChI is InChI=1S/C5H13IN2/c1-3-8(6)5-4-7-2/h7H,3-5H2,1-2H3. The number of hydrogen-bond donors (Lipinski definition) is 1. The van der Waals surface area contributed by atoms with Crippen molar-refractivity contribution in [3.63, 3.8) is 0 Å². The molecule has 8 heavy (non-hydrogen) atoms. The molecular weight excluding hydrogens is 215 g/mol. The zero-order valence-corrected chi connectivity index (χ0v) is 7.60. The van der Waals surface area contributed by atoms with Gasteiger partial charge in [-0.25, -0.2) is 3.11 Å². The van der Waals surface area contributed by atoms with E-state index in [2.05, 4.69) is 38.2 Å². The van der Waals surface area contributed by atoms with Crippen LogP contribution in [0.25, 0.3) is 0 Å². The van der Waals surface area contributed by atoms with Gasteiger partial charge in [-0.3, -0.25) is 0 Å². The van der Waals surface area contributed by atoms with E-state index in [4.69, 9.17) is 0 Å². The molecule has 0 rings (SSSR count). The highest BCUT2D eigenvalue weighted by Crippen LogP contribution is 1.93. The van der Waals surface area contributed by atoms with Gasteiger partial charge in [0.15, 0.2) is 0 Å². The van der Waals surface area contributed by atoms with Crippen LogP contribution >= 0.6 is 22.9 Å². The Kier molecular flexibility index (Phi) is 6.25. The number of halogens is 1. The summed E-state index contributed by atoms with van der Waals surface area (Å²) in [5.41, 5.74) is 0. The van der Waals surface area contributed by atoms with Crippen molar-refractivity contribution in [3.05, 3.63) is 0 Å². The van der Waals surface area contributed by atoms with Gasteiger partial charge in [0.05, 0.1) is 0 Å². The van der Waals surface area contributed by atoms with E-state index >= 15 is 0 Å². The van der Waals surface area contributed by atoms with Crippen molar-refractivity contribution in [2.24, 2.45) is 0 Å². The maximum atomic E-state index is 3.09. The van der Waals surface area contributed by atoms with Crippen LogP contribution < -0.4 is 5.32 Å². The van der Waals surface area contributed by atoms with Gasteiger partial charge in [-0.2, -0.15) is 0 Å². The Labute approximate surface area is 65.1 Å². The number of rotatable bonds is 4. The summed E-state index contributed by atoms with van der Waals surface area (Å²) >= 11 is 2.32. The minimum Gasteiger partial charge on any atom is -0.318 e. The van der Waals surface area contributed by atoms with Gasteiger partial charge in [-0.05, 0) is 7.05 Å². The normalized spacial score (nSPS) is 10.5. The summed E-state index contributed by atoms with van der Waals surface area (Å²) in [6.07, 6.45) is 0. The van der Waals surface area contributed by atoms with Crippen LogP contribution in [-0.4, -0.2) is 29.8 Å². The first-order valence-electron chi connectivity index (χ1n) is 2.86. The Morgan fingerprint density at radius 1 is 1.62 bits per heavy atom. The molecule has 0 radical (unpaired) electrons. The van der Waals surface area contributed by atoms with Crippen LogP contribution in [0.3, 0.4) is 0 Å². The molecule has 50 valence electrons. The van der Waals surface area contributed by atoms with Gasteiger partial charge < -0.3 is 5.32 Å². The number of nitrogens with one attached hydrogen (secondary N) is 1. The molecule has 0 heterocycles. The van der Waals surface area contributed by atoms with E-state index in [1.165, 1.54) is 0 Å². The molecule has 0 aliphatic heterocycles. The zero-order chi connectivity index (χ0) is 6.41.